The van der Waals surface area contributed by atoms with Crippen molar-refractivity contribution in [3.05, 3.63) is 95.6 Å². The maximum atomic E-state index is 12.5. The summed E-state index contributed by atoms with van der Waals surface area (Å²) < 4.78 is 17.1. The largest absolute Gasteiger partial charge is 0.490 e. The second-order valence-electron chi connectivity index (χ2n) is 10.1. The molecule has 2 amide bonds. The Hall–Kier alpha value is -4.33. The molecule has 1 aliphatic rings. The molecule has 0 heterocycles. The molecule has 0 unspecified atom stereocenters. The Morgan fingerprint density at radius 2 is 1.29 bits per heavy atom. The van der Waals surface area contributed by atoms with Gasteiger partial charge in [0.05, 0.1) is 18.6 Å². The smallest absolute Gasteiger partial charge is 0.308 e. The Balaban J connectivity index is 1.14. The zero-order valence-corrected chi connectivity index (χ0v) is 23.6. The maximum Gasteiger partial charge on any atom is 0.308 e. The molecule has 0 aliphatic heterocycles. The lowest BCUT2D eigenvalue weighted by atomic mass is 9.87. The number of hydrogen-bond donors (Lipinski definition) is 2. The molecule has 8 nitrogen and oxygen atoms in total. The number of benzene rings is 3. The Labute approximate surface area is 241 Å². The number of carbonyl (C=O) groups is 3. The summed E-state index contributed by atoms with van der Waals surface area (Å²) in [6.07, 6.45) is 3.05. The van der Waals surface area contributed by atoms with Gasteiger partial charge in [-0.1, -0.05) is 30.3 Å². The highest BCUT2D eigenvalue weighted by molar-refractivity contribution is 5.95. The molecule has 2 N–H and O–H groups in total. The van der Waals surface area contributed by atoms with Crippen molar-refractivity contribution < 1.29 is 28.6 Å². The highest BCUT2D eigenvalue weighted by atomic mass is 16.5. The van der Waals surface area contributed by atoms with Gasteiger partial charge in [-0.15, -0.1) is 0 Å². The summed E-state index contributed by atoms with van der Waals surface area (Å²) in [4.78, 5) is 36.9. The van der Waals surface area contributed by atoms with Crippen LogP contribution in [0.15, 0.2) is 78.9 Å². The molecule has 4 rings (SSSR count). The van der Waals surface area contributed by atoms with E-state index in [9.17, 15) is 14.4 Å². The Morgan fingerprint density at radius 3 is 1.83 bits per heavy atom. The van der Waals surface area contributed by atoms with Gasteiger partial charge < -0.3 is 24.8 Å². The van der Waals surface area contributed by atoms with Crippen molar-refractivity contribution in [1.82, 2.24) is 10.6 Å². The van der Waals surface area contributed by atoms with Gasteiger partial charge in [-0.3, -0.25) is 14.4 Å². The number of rotatable bonds is 12. The van der Waals surface area contributed by atoms with Crippen molar-refractivity contribution in [2.75, 3.05) is 19.7 Å². The van der Waals surface area contributed by atoms with Crippen molar-refractivity contribution in [1.29, 1.82) is 0 Å². The summed E-state index contributed by atoms with van der Waals surface area (Å²) in [6.45, 7) is 4.80. The molecule has 3 aromatic rings. The van der Waals surface area contributed by atoms with E-state index in [1.807, 2.05) is 44.2 Å². The molecule has 41 heavy (non-hydrogen) atoms. The van der Waals surface area contributed by atoms with Crippen molar-refractivity contribution in [3.8, 4) is 11.5 Å². The predicted octanol–water partition coefficient (Wildman–Crippen LogP) is 5.49. The van der Waals surface area contributed by atoms with Crippen molar-refractivity contribution >= 4 is 17.8 Å². The average Bonchev–Trinajstić information content (AvgIpc) is 3.00. The van der Waals surface area contributed by atoms with Crippen LogP contribution in [0.1, 0.15) is 71.9 Å². The number of carbonyl (C=O) groups excluding carboxylic acids is 3. The van der Waals surface area contributed by atoms with Crippen LogP contribution in [0.5, 0.6) is 11.5 Å². The summed E-state index contributed by atoms with van der Waals surface area (Å²) in [6, 6.07) is 23.9. The van der Waals surface area contributed by atoms with Gasteiger partial charge in [-0.2, -0.15) is 0 Å². The van der Waals surface area contributed by atoms with Crippen LogP contribution < -0.4 is 20.1 Å². The van der Waals surface area contributed by atoms with E-state index in [4.69, 9.17) is 14.2 Å². The first-order valence-electron chi connectivity index (χ1n) is 14.2. The number of ether oxygens (including phenoxy) is 3. The number of hydrogen-bond acceptors (Lipinski definition) is 6. The summed E-state index contributed by atoms with van der Waals surface area (Å²) >= 11 is 0. The molecule has 0 saturated heterocycles. The van der Waals surface area contributed by atoms with E-state index >= 15 is 0 Å². The SMILES string of the molecule is CCOC(=O)C1CCC(Oc2ccc(C(=O)NCCNC(=O)c3ccc(O[C@H](C)c4ccccc4)cc3)cc2)CC1. The zero-order chi connectivity index (χ0) is 29.0. The van der Waals surface area contributed by atoms with Gasteiger partial charge in [-0.25, -0.2) is 0 Å². The van der Waals surface area contributed by atoms with Crippen LogP contribution in [0.3, 0.4) is 0 Å². The van der Waals surface area contributed by atoms with Crippen LogP contribution >= 0.6 is 0 Å². The van der Waals surface area contributed by atoms with Crippen LogP contribution in [0.2, 0.25) is 0 Å². The first-order chi connectivity index (χ1) is 19.9. The number of nitrogens with one attached hydrogen (secondary N) is 2. The lowest BCUT2D eigenvalue weighted by Gasteiger charge is -2.27. The average molecular weight is 559 g/mol. The molecule has 0 aromatic heterocycles. The topological polar surface area (TPSA) is 103 Å². The summed E-state index contributed by atoms with van der Waals surface area (Å²) in [5.41, 5.74) is 2.10. The molecule has 0 bridgehead atoms. The molecule has 8 heteroatoms. The summed E-state index contributed by atoms with van der Waals surface area (Å²) in [5.74, 6) is 0.770. The molecule has 216 valence electrons. The summed E-state index contributed by atoms with van der Waals surface area (Å²) in [7, 11) is 0. The monoisotopic (exact) mass is 558 g/mol. The summed E-state index contributed by atoms with van der Waals surface area (Å²) in [5, 5.41) is 5.64. The standard InChI is InChI=1S/C33H38N2O6/c1-3-39-33(38)27-13-19-30(20-14-27)41-29-17-11-26(12-18-29)32(37)35-22-21-34-31(36)25-9-15-28(16-10-25)40-23(2)24-7-5-4-6-8-24/h4-12,15-18,23,27,30H,3,13-14,19-22H2,1-2H3,(H,34,36)(H,35,37)/t23-,27?,30?/m1/s1. The van der Waals surface area contributed by atoms with Gasteiger partial charge in [-0.05, 0) is 93.6 Å². The fraction of sp³-hybridized carbons (Fsp3) is 0.364. The molecular formula is C33H38N2O6. The number of esters is 1. The second kappa shape index (κ2) is 14.9. The van der Waals surface area contributed by atoms with Crippen molar-refractivity contribution in [2.45, 2.75) is 51.7 Å². The molecular weight excluding hydrogens is 520 g/mol. The molecule has 1 fully saturated rings. The Morgan fingerprint density at radius 1 is 0.756 bits per heavy atom. The van der Waals surface area contributed by atoms with Gasteiger partial charge in [0.2, 0.25) is 0 Å². The van der Waals surface area contributed by atoms with E-state index in [1.54, 1.807) is 48.5 Å². The van der Waals surface area contributed by atoms with E-state index in [0.717, 1.165) is 31.2 Å². The lowest BCUT2D eigenvalue weighted by Crippen LogP contribution is -2.34. The van der Waals surface area contributed by atoms with Crippen LogP contribution in [0.4, 0.5) is 0 Å². The molecule has 1 saturated carbocycles. The molecule has 3 aromatic carbocycles. The van der Waals surface area contributed by atoms with E-state index in [0.29, 0.717) is 42.3 Å². The third-order valence-corrected chi connectivity index (χ3v) is 7.11. The van der Waals surface area contributed by atoms with E-state index in [1.165, 1.54) is 0 Å². The van der Waals surface area contributed by atoms with E-state index in [-0.39, 0.29) is 35.9 Å². The van der Waals surface area contributed by atoms with Crippen molar-refractivity contribution in [3.63, 3.8) is 0 Å². The van der Waals surface area contributed by atoms with Gasteiger partial charge >= 0.3 is 5.97 Å². The van der Waals surface area contributed by atoms with E-state index < -0.39 is 0 Å². The quantitative estimate of drug-likeness (QED) is 0.225. The first-order valence-corrected chi connectivity index (χ1v) is 14.2. The first kappa shape index (κ1) is 29.6. The Kier molecular flexibility index (Phi) is 10.8. The highest BCUT2D eigenvalue weighted by Crippen LogP contribution is 2.29. The van der Waals surface area contributed by atoms with Crippen molar-refractivity contribution in [2.24, 2.45) is 5.92 Å². The van der Waals surface area contributed by atoms with Crippen LogP contribution in [0.25, 0.3) is 0 Å². The maximum absolute atomic E-state index is 12.5. The van der Waals surface area contributed by atoms with Gasteiger partial charge in [0.1, 0.15) is 17.6 Å². The van der Waals surface area contributed by atoms with Crippen LogP contribution in [0, 0.1) is 5.92 Å². The molecule has 1 atom stereocenters. The van der Waals surface area contributed by atoms with Crippen LogP contribution in [-0.2, 0) is 9.53 Å². The van der Waals surface area contributed by atoms with Gasteiger partial charge in [0.25, 0.3) is 11.8 Å². The lowest BCUT2D eigenvalue weighted by molar-refractivity contribution is -0.149. The van der Waals surface area contributed by atoms with E-state index in [2.05, 4.69) is 10.6 Å². The zero-order valence-electron chi connectivity index (χ0n) is 23.6. The third-order valence-electron chi connectivity index (χ3n) is 7.11. The van der Waals surface area contributed by atoms with Crippen LogP contribution in [-0.4, -0.2) is 43.6 Å². The minimum Gasteiger partial charge on any atom is -0.490 e. The predicted molar refractivity (Wildman–Crippen MR) is 156 cm³/mol. The Bertz CT molecular complexity index is 1270. The molecule has 0 spiro atoms. The minimum atomic E-state index is -0.227. The fourth-order valence-corrected chi connectivity index (χ4v) is 4.79. The fourth-order valence-electron chi connectivity index (χ4n) is 4.79. The third kappa shape index (κ3) is 8.83. The number of amides is 2. The minimum absolute atomic E-state index is 0.0418. The molecule has 1 aliphatic carbocycles. The molecule has 0 radical (unpaired) electrons. The van der Waals surface area contributed by atoms with Gasteiger partial charge in [0.15, 0.2) is 0 Å². The highest BCUT2D eigenvalue weighted by Gasteiger charge is 2.28. The second-order valence-corrected chi connectivity index (χ2v) is 10.1. The van der Waals surface area contributed by atoms with Gasteiger partial charge in [0, 0.05) is 24.2 Å². The normalized spacial score (nSPS) is 17.1.